The molecule has 2 fully saturated rings. The minimum absolute atomic E-state index is 0.143. The van der Waals surface area contributed by atoms with Crippen molar-refractivity contribution in [1.29, 1.82) is 0 Å². The van der Waals surface area contributed by atoms with E-state index >= 15 is 0 Å². The van der Waals surface area contributed by atoms with E-state index in [0.717, 1.165) is 38.5 Å². The normalized spacial score (nSPS) is 37.7. The van der Waals surface area contributed by atoms with Crippen molar-refractivity contribution >= 4 is 5.78 Å². The lowest BCUT2D eigenvalue weighted by atomic mass is 9.54. The van der Waals surface area contributed by atoms with Crippen LogP contribution in [-0.2, 0) is 11.2 Å². The first-order chi connectivity index (χ1) is 11.5. The third kappa shape index (κ3) is 2.32. The van der Waals surface area contributed by atoms with Crippen LogP contribution in [0.3, 0.4) is 0 Å². The number of fused-ring (bicyclic) bond motifs is 5. The summed E-state index contributed by atoms with van der Waals surface area (Å²) in [5.74, 6) is 2.86. The number of hydrogen-bond donors (Lipinski definition) is 2. The summed E-state index contributed by atoms with van der Waals surface area (Å²) in [6.45, 7) is 2.44. The van der Waals surface area contributed by atoms with E-state index in [1.54, 1.807) is 0 Å². The first-order valence-corrected chi connectivity index (χ1v) is 9.50. The van der Waals surface area contributed by atoms with Gasteiger partial charge in [0.25, 0.3) is 0 Å². The zero-order chi connectivity index (χ0) is 16.9. The summed E-state index contributed by atoms with van der Waals surface area (Å²) >= 11 is 0. The van der Waals surface area contributed by atoms with Crippen LogP contribution < -0.4 is 0 Å². The third-order valence-corrected chi connectivity index (χ3v) is 7.29. The maximum Gasteiger partial charge on any atom is 0.139 e. The van der Waals surface area contributed by atoms with Crippen molar-refractivity contribution in [1.82, 2.24) is 0 Å². The first-order valence-electron chi connectivity index (χ1n) is 9.50. The van der Waals surface area contributed by atoms with E-state index in [4.69, 9.17) is 0 Å². The molecule has 0 heterocycles. The fraction of sp³-hybridized carbons (Fsp3) is 0.667. The summed E-state index contributed by atoms with van der Waals surface area (Å²) in [5, 5.41) is 19.0. The molecule has 0 bridgehead atoms. The van der Waals surface area contributed by atoms with E-state index in [-0.39, 0.29) is 12.0 Å². The molecular weight excluding hydrogens is 300 g/mol. The van der Waals surface area contributed by atoms with Crippen LogP contribution in [0.1, 0.15) is 62.5 Å². The van der Waals surface area contributed by atoms with Crippen molar-refractivity contribution < 1.29 is 15.0 Å². The highest BCUT2D eigenvalue weighted by atomic mass is 16.3. The number of carbonyl (C=O) groups is 1. The molecule has 3 heteroatoms. The number of carbonyl (C=O) groups excluding carboxylic acids is 1. The Morgan fingerprint density at radius 2 is 2.12 bits per heavy atom. The predicted octanol–water partition coefficient (Wildman–Crippen LogP) is 3.82. The van der Waals surface area contributed by atoms with Crippen LogP contribution in [-0.4, -0.2) is 22.6 Å². The van der Waals surface area contributed by atoms with Crippen LogP contribution in [0.15, 0.2) is 18.2 Å². The number of aryl methyl sites for hydroxylation is 1. The minimum atomic E-state index is -0.143. The van der Waals surface area contributed by atoms with Crippen molar-refractivity contribution in [2.24, 2.45) is 23.2 Å². The monoisotopic (exact) mass is 328 g/mol. The van der Waals surface area contributed by atoms with Crippen LogP contribution in [0.4, 0.5) is 0 Å². The second-order valence-corrected chi connectivity index (χ2v) is 8.43. The molecule has 24 heavy (non-hydrogen) atoms. The van der Waals surface area contributed by atoms with Crippen molar-refractivity contribution in [2.75, 3.05) is 6.61 Å². The average Bonchev–Trinajstić information content (AvgIpc) is 2.83. The molecule has 1 aromatic carbocycles. The number of ketones is 1. The number of Topliss-reactive ketones (excluding diaryl/α,β-unsaturated/α-hetero) is 1. The van der Waals surface area contributed by atoms with Crippen LogP contribution in [0, 0.1) is 23.2 Å². The van der Waals surface area contributed by atoms with Gasteiger partial charge < -0.3 is 10.2 Å². The van der Waals surface area contributed by atoms with E-state index in [2.05, 4.69) is 13.0 Å². The number of aliphatic hydroxyl groups excluding tert-OH is 1. The number of phenols is 1. The quantitative estimate of drug-likeness (QED) is 0.887. The van der Waals surface area contributed by atoms with Gasteiger partial charge in [-0.2, -0.15) is 0 Å². The van der Waals surface area contributed by atoms with E-state index < -0.39 is 0 Å². The zero-order valence-corrected chi connectivity index (χ0v) is 14.5. The molecule has 0 aliphatic heterocycles. The zero-order valence-electron chi connectivity index (χ0n) is 14.5. The number of hydrogen-bond acceptors (Lipinski definition) is 3. The van der Waals surface area contributed by atoms with Gasteiger partial charge in [0.2, 0.25) is 0 Å². The lowest BCUT2D eigenvalue weighted by molar-refractivity contribution is -0.129. The number of aromatic hydroxyl groups is 1. The largest absolute Gasteiger partial charge is 0.508 e. The molecule has 0 amide bonds. The Hall–Kier alpha value is -1.35. The van der Waals surface area contributed by atoms with E-state index in [9.17, 15) is 15.0 Å². The van der Waals surface area contributed by atoms with Gasteiger partial charge in [0, 0.05) is 18.4 Å². The molecule has 3 aliphatic rings. The van der Waals surface area contributed by atoms with Gasteiger partial charge in [0.15, 0.2) is 0 Å². The topological polar surface area (TPSA) is 57.5 Å². The number of benzene rings is 1. The summed E-state index contributed by atoms with van der Waals surface area (Å²) in [6.07, 6.45) is 6.73. The van der Waals surface area contributed by atoms with E-state index in [1.165, 1.54) is 11.1 Å². The molecule has 0 saturated heterocycles. The molecule has 3 nitrogen and oxygen atoms in total. The molecule has 3 aliphatic carbocycles. The average molecular weight is 328 g/mol. The summed E-state index contributed by atoms with van der Waals surface area (Å²) < 4.78 is 0. The first kappa shape index (κ1) is 16.1. The van der Waals surface area contributed by atoms with Gasteiger partial charge in [-0.05, 0) is 85.5 Å². The molecule has 0 aromatic heterocycles. The maximum atomic E-state index is 12.8. The molecule has 5 unspecified atom stereocenters. The molecule has 0 spiro atoms. The standard InChI is InChI=1S/C21H28O3/c1-21-9-8-17-16-7-5-15(23)11-13(16)4-6-18(17)20(21)14(3-2-10-22)12-19(21)24/h5,7,11,14,17-18,20,22-23H,2-4,6,8-10,12H2,1H3. The van der Waals surface area contributed by atoms with Gasteiger partial charge in [-0.15, -0.1) is 0 Å². The smallest absolute Gasteiger partial charge is 0.139 e. The Labute approximate surface area is 144 Å². The van der Waals surface area contributed by atoms with Crippen molar-refractivity contribution in [3.05, 3.63) is 29.3 Å². The lowest BCUT2D eigenvalue weighted by Gasteiger charge is -2.50. The Kier molecular flexibility index (Phi) is 3.95. The van der Waals surface area contributed by atoms with Gasteiger partial charge in [0.05, 0.1) is 0 Å². The number of rotatable bonds is 3. The molecule has 2 N–H and O–H groups in total. The molecule has 1 aromatic rings. The molecule has 5 atom stereocenters. The summed E-state index contributed by atoms with van der Waals surface area (Å²) in [5.41, 5.74) is 2.57. The summed E-state index contributed by atoms with van der Waals surface area (Å²) in [7, 11) is 0. The molecule has 4 rings (SSSR count). The lowest BCUT2D eigenvalue weighted by Crippen LogP contribution is -2.44. The van der Waals surface area contributed by atoms with Gasteiger partial charge >= 0.3 is 0 Å². The van der Waals surface area contributed by atoms with Crippen molar-refractivity contribution in [3.63, 3.8) is 0 Å². The molecular formula is C21H28O3. The highest BCUT2D eigenvalue weighted by Gasteiger charge is 2.58. The van der Waals surface area contributed by atoms with Crippen molar-refractivity contribution in [2.45, 2.75) is 57.8 Å². The van der Waals surface area contributed by atoms with Gasteiger partial charge in [-0.3, -0.25) is 4.79 Å². The Balaban J connectivity index is 1.68. The minimum Gasteiger partial charge on any atom is -0.508 e. The van der Waals surface area contributed by atoms with E-state index in [0.29, 0.717) is 41.6 Å². The Morgan fingerprint density at radius 3 is 2.92 bits per heavy atom. The number of phenolic OH excluding ortho intramolecular Hbond substituents is 1. The second-order valence-electron chi connectivity index (χ2n) is 8.43. The van der Waals surface area contributed by atoms with Gasteiger partial charge in [-0.1, -0.05) is 13.0 Å². The van der Waals surface area contributed by atoms with E-state index in [1.807, 2.05) is 12.1 Å². The van der Waals surface area contributed by atoms with Gasteiger partial charge in [0.1, 0.15) is 11.5 Å². The summed E-state index contributed by atoms with van der Waals surface area (Å²) in [4.78, 5) is 12.8. The third-order valence-electron chi connectivity index (χ3n) is 7.29. The van der Waals surface area contributed by atoms with Crippen LogP contribution in [0.5, 0.6) is 5.75 Å². The Morgan fingerprint density at radius 1 is 1.29 bits per heavy atom. The molecule has 2 saturated carbocycles. The predicted molar refractivity (Wildman–Crippen MR) is 92.9 cm³/mol. The number of aliphatic hydroxyl groups is 1. The van der Waals surface area contributed by atoms with Crippen LogP contribution >= 0.6 is 0 Å². The second kappa shape index (κ2) is 5.87. The molecule has 130 valence electrons. The van der Waals surface area contributed by atoms with Crippen LogP contribution in [0.2, 0.25) is 0 Å². The van der Waals surface area contributed by atoms with Crippen LogP contribution in [0.25, 0.3) is 0 Å². The maximum absolute atomic E-state index is 12.8. The van der Waals surface area contributed by atoms with Crippen molar-refractivity contribution in [3.8, 4) is 5.75 Å². The fourth-order valence-electron chi connectivity index (χ4n) is 6.25. The highest BCUT2D eigenvalue weighted by Crippen LogP contribution is 2.62. The highest BCUT2D eigenvalue weighted by molar-refractivity contribution is 5.87. The fourth-order valence-corrected chi connectivity index (χ4v) is 6.25. The van der Waals surface area contributed by atoms with Gasteiger partial charge in [-0.25, -0.2) is 0 Å². The SMILES string of the molecule is CC12CCC3c4ccc(O)cc4CCC3C1C(CCCO)CC2=O. The summed E-state index contributed by atoms with van der Waals surface area (Å²) in [6, 6.07) is 5.87. The molecule has 0 radical (unpaired) electrons. The Bertz CT molecular complexity index is 652.